The summed E-state index contributed by atoms with van der Waals surface area (Å²) < 4.78 is 30.4. The molecule has 1 saturated heterocycles. The Kier molecular flexibility index (Phi) is 5.61. The minimum atomic E-state index is -0.768. The van der Waals surface area contributed by atoms with Crippen LogP contribution in [0.15, 0.2) is 12.1 Å². The van der Waals surface area contributed by atoms with E-state index in [-0.39, 0.29) is 11.3 Å². The molecule has 0 N–H and O–H groups in total. The molecule has 0 atom stereocenters. The highest BCUT2D eigenvalue weighted by Crippen LogP contribution is 2.37. The molecule has 2 rings (SSSR count). The van der Waals surface area contributed by atoms with Crippen molar-refractivity contribution in [1.29, 1.82) is 5.26 Å². The van der Waals surface area contributed by atoms with Crippen molar-refractivity contribution in [2.75, 3.05) is 7.11 Å². The molecule has 1 aliphatic heterocycles. The number of halogens is 1. The van der Waals surface area contributed by atoms with E-state index in [9.17, 15) is 9.65 Å². The summed E-state index contributed by atoms with van der Waals surface area (Å²) in [6.07, 6.45) is 0. The van der Waals surface area contributed by atoms with Crippen molar-refractivity contribution in [2.24, 2.45) is 0 Å². The van der Waals surface area contributed by atoms with Crippen LogP contribution in [0.2, 0.25) is 0 Å². The lowest BCUT2D eigenvalue weighted by Crippen LogP contribution is -2.41. The molecule has 120 valence electrons. The Morgan fingerprint density at radius 2 is 1.64 bits per heavy atom. The summed E-state index contributed by atoms with van der Waals surface area (Å²) in [6, 6.07) is 4.61. The smallest absolute Gasteiger partial charge is 0.494 e. The van der Waals surface area contributed by atoms with Crippen LogP contribution < -0.4 is 10.2 Å². The number of nitrogens with zero attached hydrogens (tertiary/aromatic N) is 1. The van der Waals surface area contributed by atoms with Gasteiger partial charge in [-0.3, -0.25) is 0 Å². The van der Waals surface area contributed by atoms with E-state index < -0.39 is 24.1 Å². The molecule has 4 nitrogen and oxygen atoms in total. The molecule has 1 aliphatic rings. The third kappa shape index (κ3) is 3.26. The zero-order chi connectivity index (χ0) is 17.1. The average Bonchev–Trinajstić information content (AvgIpc) is 2.69. The molecule has 22 heavy (non-hydrogen) atoms. The van der Waals surface area contributed by atoms with Gasteiger partial charge < -0.3 is 14.0 Å². The SMILES string of the molecule is CC.COc1cc(C#N)c(B2OC(C)(C)C(C)(C)O2)cc1F. The van der Waals surface area contributed by atoms with Crippen molar-refractivity contribution in [2.45, 2.75) is 52.7 Å². The fourth-order valence-electron chi connectivity index (χ4n) is 1.99. The molecular formula is C16H23BFNO3. The second-order valence-corrected chi connectivity index (χ2v) is 5.77. The van der Waals surface area contributed by atoms with Crippen LogP contribution in [0.3, 0.4) is 0 Å². The lowest BCUT2D eigenvalue weighted by Gasteiger charge is -2.32. The molecule has 1 heterocycles. The zero-order valence-corrected chi connectivity index (χ0v) is 14.3. The van der Waals surface area contributed by atoms with E-state index in [0.29, 0.717) is 5.46 Å². The van der Waals surface area contributed by atoms with Crippen LogP contribution in [-0.2, 0) is 9.31 Å². The lowest BCUT2D eigenvalue weighted by atomic mass is 9.76. The molecule has 0 bridgehead atoms. The first-order valence-electron chi connectivity index (χ1n) is 7.35. The second kappa shape index (κ2) is 6.68. The zero-order valence-electron chi connectivity index (χ0n) is 14.3. The van der Waals surface area contributed by atoms with Gasteiger partial charge in [0.2, 0.25) is 0 Å². The average molecular weight is 307 g/mol. The van der Waals surface area contributed by atoms with Crippen molar-refractivity contribution in [3.05, 3.63) is 23.5 Å². The van der Waals surface area contributed by atoms with E-state index in [1.807, 2.05) is 47.6 Å². The highest BCUT2D eigenvalue weighted by atomic mass is 19.1. The van der Waals surface area contributed by atoms with Gasteiger partial charge in [0.15, 0.2) is 11.6 Å². The molecule has 0 aromatic heterocycles. The molecule has 6 heteroatoms. The minimum absolute atomic E-state index is 0.0295. The summed E-state index contributed by atoms with van der Waals surface area (Å²) in [5, 5.41) is 9.21. The second-order valence-electron chi connectivity index (χ2n) is 5.77. The molecule has 0 aliphatic carbocycles. The maximum absolute atomic E-state index is 13.9. The topological polar surface area (TPSA) is 51.5 Å². The number of rotatable bonds is 2. The summed E-state index contributed by atoms with van der Waals surface area (Å²) in [4.78, 5) is 0. The Labute approximate surface area is 132 Å². The first kappa shape index (κ1) is 18.5. The fraction of sp³-hybridized carbons (Fsp3) is 0.562. The molecule has 0 amide bonds. The van der Waals surface area contributed by atoms with E-state index >= 15 is 0 Å². The summed E-state index contributed by atoms with van der Waals surface area (Å²) in [7, 11) is 0.587. The number of methoxy groups -OCH3 is 1. The van der Waals surface area contributed by atoms with Gasteiger partial charge in [0.05, 0.1) is 29.9 Å². The third-order valence-electron chi connectivity index (χ3n) is 3.95. The Morgan fingerprint density at radius 1 is 1.14 bits per heavy atom. The Balaban J connectivity index is 0.00000116. The van der Waals surface area contributed by atoms with Gasteiger partial charge >= 0.3 is 7.12 Å². The Bertz CT molecular complexity index is 565. The standard InChI is InChI=1S/C14H17BFNO3.C2H6/c1-13(2)14(3,4)20-15(19-13)10-7-11(16)12(18-5)6-9(10)8-17;1-2/h6-7H,1-5H3;1-2H3. The van der Waals surface area contributed by atoms with Gasteiger partial charge in [-0.15, -0.1) is 0 Å². The monoisotopic (exact) mass is 307 g/mol. The van der Waals surface area contributed by atoms with Crippen molar-refractivity contribution < 1.29 is 18.4 Å². The first-order chi connectivity index (χ1) is 10.2. The molecule has 1 aromatic rings. The summed E-state index contributed by atoms with van der Waals surface area (Å²) in [5.41, 5.74) is -0.423. The lowest BCUT2D eigenvalue weighted by molar-refractivity contribution is 0.00578. The summed E-state index contributed by atoms with van der Waals surface area (Å²) in [6.45, 7) is 11.6. The van der Waals surface area contributed by atoms with Gasteiger partial charge in [0, 0.05) is 11.5 Å². The van der Waals surface area contributed by atoms with E-state index in [1.165, 1.54) is 19.2 Å². The van der Waals surface area contributed by atoms with Crippen LogP contribution in [-0.4, -0.2) is 25.4 Å². The van der Waals surface area contributed by atoms with Crippen LogP contribution in [0.5, 0.6) is 5.75 Å². The molecule has 0 radical (unpaired) electrons. The molecular weight excluding hydrogens is 284 g/mol. The van der Waals surface area contributed by atoms with Crippen molar-refractivity contribution in [3.8, 4) is 11.8 Å². The molecule has 0 unspecified atom stereocenters. The van der Waals surface area contributed by atoms with Gasteiger partial charge in [-0.1, -0.05) is 13.8 Å². The molecule has 0 saturated carbocycles. The predicted octanol–water partition coefficient (Wildman–Crippen LogP) is 3.03. The highest BCUT2D eigenvalue weighted by molar-refractivity contribution is 6.62. The quantitative estimate of drug-likeness (QED) is 0.788. The first-order valence-corrected chi connectivity index (χ1v) is 7.35. The van der Waals surface area contributed by atoms with Gasteiger partial charge in [0.1, 0.15) is 0 Å². The van der Waals surface area contributed by atoms with E-state index in [1.54, 1.807) is 0 Å². The number of nitriles is 1. The van der Waals surface area contributed by atoms with Crippen LogP contribution in [0.4, 0.5) is 4.39 Å². The largest absolute Gasteiger partial charge is 0.496 e. The van der Waals surface area contributed by atoms with Crippen molar-refractivity contribution in [3.63, 3.8) is 0 Å². The number of hydrogen-bond acceptors (Lipinski definition) is 4. The van der Waals surface area contributed by atoms with E-state index in [0.717, 1.165) is 0 Å². The van der Waals surface area contributed by atoms with Crippen LogP contribution >= 0.6 is 0 Å². The van der Waals surface area contributed by atoms with Crippen LogP contribution in [0, 0.1) is 17.1 Å². The molecule has 0 spiro atoms. The van der Waals surface area contributed by atoms with Crippen molar-refractivity contribution >= 4 is 12.6 Å². The van der Waals surface area contributed by atoms with E-state index in [4.69, 9.17) is 14.0 Å². The summed E-state index contributed by atoms with van der Waals surface area (Å²) in [5.74, 6) is -0.516. The Hall–Kier alpha value is -1.58. The highest BCUT2D eigenvalue weighted by Gasteiger charge is 2.52. The number of ether oxygens (including phenoxy) is 1. The number of benzene rings is 1. The normalized spacial score (nSPS) is 18.2. The van der Waals surface area contributed by atoms with Crippen LogP contribution in [0.25, 0.3) is 0 Å². The van der Waals surface area contributed by atoms with Crippen molar-refractivity contribution in [1.82, 2.24) is 0 Å². The minimum Gasteiger partial charge on any atom is -0.494 e. The fourth-order valence-corrected chi connectivity index (χ4v) is 1.99. The summed E-state index contributed by atoms with van der Waals surface area (Å²) >= 11 is 0. The maximum atomic E-state index is 13.9. The Morgan fingerprint density at radius 3 is 2.05 bits per heavy atom. The van der Waals surface area contributed by atoms with Gasteiger partial charge in [-0.05, 0) is 33.8 Å². The molecule has 1 aromatic carbocycles. The number of hydrogen-bond donors (Lipinski definition) is 0. The molecule has 1 fully saturated rings. The third-order valence-corrected chi connectivity index (χ3v) is 3.95. The van der Waals surface area contributed by atoms with Gasteiger partial charge in [-0.2, -0.15) is 5.26 Å². The van der Waals surface area contributed by atoms with Gasteiger partial charge in [0.25, 0.3) is 0 Å². The van der Waals surface area contributed by atoms with E-state index in [2.05, 4.69) is 0 Å². The maximum Gasteiger partial charge on any atom is 0.496 e. The van der Waals surface area contributed by atoms with Gasteiger partial charge in [-0.25, -0.2) is 4.39 Å². The predicted molar refractivity (Wildman–Crippen MR) is 84.7 cm³/mol. The van der Waals surface area contributed by atoms with Crippen LogP contribution in [0.1, 0.15) is 47.1 Å².